The summed E-state index contributed by atoms with van der Waals surface area (Å²) < 4.78 is 64.0. The zero-order valence-electron chi connectivity index (χ0n) is 12.2. The summed E-state index contributed by atoms with van der Waals surface area (Å²) in [5, 5.41) is 0. The number of benzene rings is 1. The molecule has 0 aromatic heterocycles. The molecule has 0 saturated carbocycles. The largest absolute Gasteiger partial charge is 0.416 e. The summed E-state index contributed by atoms with van der Waals surface area (Å²) in [5.41, 5.74) is 4.97. The minimum atomic E-state index is -4.48. The lowest BCUT2D eigenvalue weighted by molar-refractivity contribution is -0.137. The van der Waals surface area contributed by atoms with Crippen molar-refractivity contribution < 1.29 is 21.6 Å². The number of nitrogens with zero attached hydrogens (tertiary/aromatic N) is 1. The van der Waals surface area contributed by atoms with Gasteiger partial charge in [-0.15, -0.1) is 0 Å². The molecule has 0 radical (unpaired) electrons. The number of halogens is 3. The third-order valence-corrected chi connectivity index (χ3v) is 5.86. The van der Waals surface area contributed by atoms with Crippen LogP contribution in [0.4, 0.5) is 13.2 Å². The van der Waals surface area contributed by atoms with E-state index in [0.29, 0.717) is 19.5 Å². The predicted octanol–water partition coefficient (Wildman–Crippen LogP) is 2.45. The van der Waals surface area contributed by atoms with Gasteiger partial charge in [-0.25, -0.2) is 8.42 Å². The minimum absolute atomic E-state index is 0.0676. The highest BCUT2D eigenvalue weighted by molar-refractivity contribution is 7.89. The molecule has 0 bridgehead atoms. The van der Waals surface area contributed by atoms with Crippen molar-refractivity contribution >= 4 is 10.0 Å². The van der Waals surface area contributed by atoms with Crippen LogP contribution in [0.25, 0.3) is 0 Å². The second-order valence-electron chi connectivity index (χ2n) is 5.65. The number of nitrogens with two attached hydrogens (primary N) is 1. The molecule has 1 aliphatic rings. The number of hydrogen-bond acceptors (Lipinski definition) is 3. The first-order valence-corrected chi connectivity index (χ1v) is 8.49. The molecule has 1 aromatic carbocycles. The van der Waals surface area contributed by atoms with Gasteiger partial charge >= 0.3 is 6.18 Å². The molecule has 124 valence electrons. The molecule has 8 heteroatoms. The van der Waals surface area contributed by atoms with E-state index in [1.165, 1.54) is 4.31 Å². The van der Waals surface area contributed by atoms with Gasteiger partial charge in [0.1, 0.15) is 0 Å². The fourth-order valence-corrected chi connectivity index (χ4v) is 4.12. The van der Waals surface area contributed by atoms with Gasteiger partial charge in [0.25, 0.3) is 0 Å². The Morgan fingerprint density at radius 2 is 1.86 bits per heavy atom. The Kier molecular flexibility index (Phi) is 4.84. The fourth-order valence-electron chi connectivity index (χ4n) is 2.59. The maximum Gasteiger partial charge on any atom is 0.416 e. The van der Waals surface area contributed by atoms with E-state index < -0.39 is 21.8 Å². The SMILES string of the molecule is C[C@@H](N)[C@H]1CCCN(S(=O)(=O)c2ccc(C(F)(F)F)cc2)C1. The van der Waals surface area contributed by atoms with Gasteiger partial charge in [0.05, 0.1) is 10.5 Å². The molecule has 0 amide bonds. The third kappa shape index (κ3) is 3.61. The molecule has 1 fully saturated rings. The number of alkyl halides is 3. The summed E-state index contributed by atoms with van der Waals surface area (Å²) in [6.07, 6.45) is -2.92. The van der Waals surface area contributed by atoms with Crippen LogP contribution >= 0.6 is 0 Å². The molecule has 22 heavy (non-hydrogen) atoms. The molecule has 1 heterocycles. The Bertz CT molecular complexity index is 612. The van der Waals surface area contributed by atoms with Gasteiger partial charge in [0.15, 0.2) is 0 Å². The number of sulfonamides is 1. The molecule has 2 rings (SSSR count). The maximum absolute atomic E-state index is 12.5. The van der Waals surface area contributed by atoms with Crippen molar-refractivity contribution in [1.29, 1.82) is 0 Å². The Morgan fingerprint density at radius 1 is 1.27 bits per heavy atom. The van der Waals surface area contributed by atoms with Gasteiger partial charge in [-0.3, -0.25) is 0 Å². The first-order valence-electron chi connectivity index (χ1n) is 7.05. The lowest BCUT2D eigenvalue weighted by Gasteiger charge is -2.33. The second-order valence-corrected chi connectivity index (χ2v) is 7.58. The van der Waals surface area contributed by atoms with Gasteiger partial charge < -0.3 is 5.73 Å². The first kappa shape index (κ1) is 17.2. The standard InChI is InChI=1S/C14H19F3N2O2S/c1-10(18)11-3-2-8-19(9-11)22(20,21)13-6-4-12(5-7-13)14(15,16)17/h4-7,10-11H,2-3,8-9,18H2,1H3/t10-,11+/m1/s1. The van der Waals surface area contributed by atoms with E-state index >= 15 is 0 Å². The van der Waals surface area contributed by atoms with Crippen molar-refractivity contribution in [3.8, 4) is 0 Å². The molecular formula is C14H19F3N2O2S. The van der Waals surface area contributed by atoms with Crippen LogP contribution < -0.4 is 5.73 Å². The monoisotopic (exact) mass is 336 g/mol. The number of rotatable bonds is 3. The average molecular weight is 336 g/mol. The van der Waals surface area contributed by atoms with Crippen LogP contribution in [-0.2, 0) is 16.2 Å². The highest BCUT2D eigenvalue weighted by atomic mass is 32.2. The highest BCUT2D eigenvalue weighted by Gasteiger charge is 2.33. The Labute approximate surface area is 128 Å². The number of piperidine rings is 1. The second kappa shape index (κ2) is 6.17. The fraction of sp³-hybridized carbons (Fsp3) is 0.571. The Balaban J connectivity index is 2.23. The molecule has 1 aliphatic heterocycles. The van der Waals surface area contributed by atoms with E-state index in [4.69, 9.17) is 5.73 Å². The summed E-state index contributed by atoms with van der Waals surface area (Å²) >= 11 is 0. The zero-order valence-corrected chi connectivity index (χ0v) is 13.0. The number of hydrogen-bond donors (Lipinski definition) is 1. The summed E-state index contributed by atoms with van der Waals surface area (Å²) in [5.74, 6) is 0.0676. The van der Waals surface area contributed by atoms with Crippen LogP contribution in [0.1, 0.15) is 25.3 Å². The Hall–Kier alpha value is -1.12. The lowest BCUT2D eigenvalue weighted by Crippen LogP contribution is -2.44. The van der Waals surface area contributed by atoms with Crippen molar-refractivity contribution in [3.63, 3.8) is 0 Å². The Morgan fingerprint density at radius 3 is 2.36 bits per heavy atom. The topological polar surface area (TPSA) is 63.4 Å². The molecule has 0 spiro atoms. The van der Waals surface area contributed by atoms with E-state index in [1.807, 2.05) is 6.92 Å². The quantitative estimate of drug-likeness (QED) is 0.922. The third-order valence-electron chi connectivity index (χ3n) is 3.98. The van der Waals surface area contributed by atoms with Gasteiger partial charge in [0, 0.05) is 19.1 Å². The van der Waals surface area contributed by atoms with Crippen molar-refractivity contribution in [2.45, 2.75) is 36.9 Å². The van der Waals surface area contributed by atoms with E-state index in [1.54, 1.807) is 0 Å². The van der Waals surface area contributed by atoms with Crippen molar-refractivity contribution in [2.24, 2.45) is 11.7 Å². The van der Waals surface area contributed by atoms with Crippen LogP contribution in [-0.4, -0.2) is 31.9 Å². The van der Waals surface area contributed by atoms with E-state index in [-0.39, 0.29) is 16.9 Å². The van der Waals surface area contributed by atoms with Crippen LogP contribution in [0.5, 0.6) is 0 Å². The van der Waals surface area contributed by atoms with Crippen molar-refractivity contribution in [2.75, 3.05) is 13.1 Å². The van der Waals surface area contributed by atoms with Crippen LogP contribution in [0.3, 0.4) is 0 Å². The molecule has 1 aromatic rings. The molecule has 4 nitrogen and oxygen atoms in total. The molecule has 2 N–H and O–H groups in total. The van der Waals surface area contributed by atoms with Crippen molar-refractivity contribution in [3.05, 3.63) is 29.8 Å². The summed E-state index contributed by atoms with van der Waals surface area (Å²) in [7, 11) is -3.78. The van der Waals surface area contributed by atoms with Crippen molar-refractivity contribution in [1.82, 2.24) is 4.31 Å². The maximum atomic E-state index is 12.5. The van der Waals surface area contributed by atoms with Crippen LogP contribution in [0.15, 0.2) is 29.2 Å². The molecule has 2 atom stereocenters. The summed E-state index contributed by atoms with van der Waals surface area (Å²) in [4.78, 5) is -0.120. The molecule has 0 aliphatic carbocycles. The highest BCUT2D eigenvalue weighted by Crippen LogP contribution is 2.31. The van der Waals surface area contributed by atoms with Gasteiger partial charge in [0.2, 0.25) is 10.0 Å². The zero-order chi connectivity index (χ0) is 16.5. The van der Waals surface area contributed by atoms with E-state index in [0.717, 1.165) is 30.7 Å². The smallest absolute Gasteiger partial charge is 0.328 e. The van der Waals surface area contributed by atoms with Crippen LogP contribution in [0.2, 0.25) is 0 Å². The van der Waals surface area contributed by atoms with Gasteiger partial charge in [-0.2, -0.15) is 17.5 Å². The van der Waals surface area contributed by atoms with Gasteiger partial charge in [-0.1, -0.05) is 0 Å². The molecule has 0 unspecified atom stereocenters. The first-order chi connectivity index (χ1) is 10.1. The molecule has 1 saturated heterocycles. The predicted molar refractivity (Wildman–Crippen MR) is 76.6 cm³/mol. The normalized spacial score (nSPS) is 22.5. The average Bonchev–Trinajstić information content (AvgIpc) is 2.46. The lowest BCUT2D eigenvalue weighted by atomic mass is 9.93. The van der Waals surface area contributed by atoms with E-state index in [2.05, 4.69) is 0 Å². The summed E-state index contributed by atoms with van der Waals surface area (Å²) in [6, 6.07) is 3.48. The molecular weight excluding hydrogens is 317 g/mol. The van der Waals surface area contributed by atoms with Gasteiger partial charge in [-0.05, 0) is 49.9 Å². The summed E-state index contributed by atoms with van der Waals surface area (Å²) in [6.45, 7) is 2.51. The minimum Gasteiger partial charge on any atom is -0.328 e. The van der Waals surface area contributed by atoms with E-state index in [9.17, 15) is 21.6 Å². The van der Waals surface area contributed by atoms with Crippen LogP contribution in [0, 0.1) is 5.92 Å².